The van der Waals surface area contributed by atoms with Gasteiger partial charge in [0, 0.05) is 12.7 Å². The molecule has 0 aliphatic rings. The minimum atomic E-state index is -3.74. The summed E-state index contributed by atoms with van der Waals surface area (Å²) in [5.41, 5.74) is 6.88. The molecule has 2 aromatic rings. The van der Waals surface area contributed by atoms with Crippen LogP contribution in [0.25, 0.3) is 0 Å². The van der Waals surface area contributed by atoms with Crippen LogP contribution in [-0.2, 0) is 14.8 Å². The maximum Gasteiger partial charge on any atom is 0.264 e. The van der Waals surface area contributed by atoms with Crippen molar-refractivity contribution >= 4 is 39.7 Å². The fourth-order valence-corrected chi connectivity index (χ4v) is 3.65. The van der Waals surface area contributed by atoms with E-state index < -0.39 is 16.1 Å². The summed E-state index contributed by atoms with van der Waals surface area (Å²) >= 11 is 0. The van der Waals surface area contributed by atoms with Gasteiger partial charge in [-0.1, -0.05) is 44.5 Å². The highest BCUT2D eigenvalue weighted by Gasteiger charge is 2.23. The average molecular weight is 412 g/mol. The summed E-state index contributed by atoms with van der Waals surface area (Å²) in [6, 6.07) is 14.3. The molecule has 6 nitrogen and oxygen atoms in total. The average Bonchev–Trinajstić information content (AvgIpc) is 2.66. The summed E-state index contributed by atoms with van der Waals surface area (Å²) in [6.45, 7) is 3.87. The van der Waals surface area contributed by atoms with Crippen molar-refractivity contribution in [2.75, 3.05) is 16.7 Å². The number of hydrogen-bond acceptors (Lipinski definition) is 4. The van der Waals surface area contributed by atoms with E-state index in [-0.39, 0.29) is 29.1 Å². The van der Waals surface area contributed by atoms with Crippen LogP contribution in [-0.4, -0.2) is 27.4 Å². The summed E-state index contributed by atoms with van der Waals surface area (Å²) in [6.07, 6.45) is 0.783. The molecule has 0 saturated heterocycles. The minimum absolute atomic E-state index is 0. The minimum Gasteiger partial charge on any atom is -0.325 e. The van der Waals surface area contributed by atoms with Crippen molar-refractivity contribution in [1.82, 2.24) is 0 Å². The second kappa shape index (κ2) is 9.73. The van der Waals surface area contributed by atoms with E-state index >= 15 is 0 Å². The van der Waals surface area contributed by atoms with Crippen LogP contribution in [0.2, 0.25) is 0 Å². The molecular weight excluding hydrogens is 386 g/mol. The van der Waals surface area contributed by atoms with Crippen LogP contribution in [0, 0.1) is 5.92 Å². The highest BCUT2D eigenvalue weighted by molar-refractivity contribution is 7.92. The Morgan fingerprint density at radius 2 is 1.78 bits per heavy atom. The van der Waals surface area contributed by atoms with Gasteiger partial charge in [-0.05, 0) is 36.2 Å². The van der Waals surface area contributed by atoms with Crippen molar-refractivity contribution in [2.45, 2.75) is 31.2 Å². The van der Waals surface area contributed by atoms with Crippen LogP contribution in [0.3, 0.4) is 0 Å². The molecule has 8 heteroatoms. The molecule has 0 spiro atoms. The third kappa shape index (κ3) is 5.45. The molecule has 2 atom stereocenters. The highest BCUT2D eigenvalue weighted by atomic mass is 35.5. The Bertz CT molecular complexity index is 860. The Hall–Kier alpha value is -2.09. The number of hydrogen-bond donors (Lipinski definition) is 2. The smallest absolute Gasteiger partial charge is 0.264 e. The first-order valence-electron chi connectivity index (χ1n) is 8.48. The van der Waals surface area contributed by atoms with Gasteiger partial charge < -0.3 is 11.1 Å². The number of nitrogens with one attached hydrogen (secondary N) is 1. The summed E-state index contributed by atoms with van der Waals surface area (Å²) in [7, 11) is -2.25. The van der Waals surface area contributed by atoms with Crippen molar-refractivity contribution in [3.63, 3.8) is 0 Å². The van der Waals surface area contributed by atoms with Gasteiger partial charge in [0.2, 0.25) is 5.91 Å². The Morgan fingerprint density at radius 1 is 1.15 bits per heavy atom. The lowest BCUT2D eigenvalue weighted by Crippen LogP contribution is -2.40. The normalized spacial score (nSPS) is 13.2. The third-order valence-corrected chi connectivity index (χ3v) is 6.22. The molecule has 0 saturated carbocycles. The zero-order valence-corrected chi connectivity index (χ0v) is 17.3. The standard InChI is InChI=1S/C19H25N3O3S.ClH/c1-4-14(2)18(20)19(23)21-15-9-8-12-17(13-15)26(24,25)22(3)16-10-6-5-7-11-16;/h5-14,18H,4,20H2,1-3H3,(H,21,23);1H. The first-order valence-corrected chi connectivity index (χ1v) is 9.92. The van der Waals surface area contributed by atoms with Crippen molar-refractivity contribution in [3.8, 4) is 0 Å². The number of nitrogens with zero attached hydrogens (tertiary/aromatic N) is 1. The number of anilines is 2. The molecule has 2 rings (SSSR count). The Morgan fingerprint density at radius 3 is 2.37 bits per heavy atom. The number of amides is 1. The number of carbonyl (C=O) groups excluding carboxylic acids is 1. The molecule has 2 aromatic carbocycles. The van der Waals surface area contributed by atoms with Crippen LogP contribution in [0.1, 0.15) is 20.3 Å². The van der Waals surface area contributed by atoms with Crippen LogP contribution in [0.15, 0.2) is 59.5 Å². The fraction of sp³-hybridized carbons (Fsp3) is 0.316. The van der Waals surface area contributed by atoms with E-state index in [0.29, 0.717) is 11.4 Å². The first kappa shape index (κ1) is 23.0. The van der Waals surface area contributed by atoms with Gasteiger partial charge in [0.15, 0.2) is 0 Å². The van der Waals surface area contributed by atoms with E-state index in [1.54, 1.807) is 36.4 Å². The maximum atomic E-state index is 12.8. The second-order valence-electron chi connectivity index (χ2n) is 6.24. The SMILES string of the molecule is CCC(C)C(N)C(=O)Nc1cccc(S(=O)(=O)N(C)c2ccccc2)c1.Cl. The highest BCUT2D eigenvalue weighted by Crippen LogP contribution is 2.23. The van der Waals surface area contributed by atoms with Crippen molar-refractivity contribution in [2.24, 2.45) is 11.7 Å². The molecule has 27 heavy (non-hydrogen) atoms. The van der Waals surface area contributed by atoms with Gasteiger partial charge in [0.1, 0.15) is 0 Å². The van der Waals surface area contributed by atoms with E-state index in [2.05, 4.69) is 5.32 Å². The zero-order valence-electron chi connectivity index (χ0n) is 15.6. The molecule has 0 fully saturated rings. The zero-order chi connectivity index (χ0) is 19.3. The number of nitrogens with two attached hydrogens (primary N) is 1. The van der Waals surface area contributed by atoms with Gasteiger partial charge in [-0.25, -0.2) is 8.42 Å². The number of para-hydroxylation sites is 1. The van der Waals surface area contributed by atoms with E-state index in [1.807, 2.05) is 19.9 Å². The Labute approximate surface area is 167 Å². The van der Waals surface area contributed by atoms with Crippen LogP contribution in [0.5, 0.6) is 0 Å². The fourth-order valence-electron chi connectivity index (χ4n) is 2.41. The summed E-state index contributed by atoms with van der Waals surface area (Å²) < 4.78 is 26.9. The van der Waals surface area contributed by atoms with E-state index in [4.69, 9.17) is 5.73 Å². The van der Waals surface area contributed by atoms with Crippen molar-refractivity contribution in [3.05, 3.63) is 54.6 Å². The van der Waals surface area contributed by atoms with Gasteiger partial charge in [-0.15, -0.1) is 12.4 Å². The van der Waals surface area contributed by atoms with Crippen molar-refractivity contribution in [1.29, 1.82) is 0 Å². The molecule has 1 amide bonds. The lowest BCUT2D eigenvalue weighted by Gasteiger charge is -2.20. The van der Waals surface area contributed by atoms with E-state index in [1.165, 1.54) is 23.5 Å². The number of sulfonamides is 1. The maximum absolute atomic E-state index is 12.8. The van der Waals surface area contributed by atoms with E-state index in [0.717, 1.165) is 6.42 Å². The summed E-state index contributed by atoms with van der Waals surface area (Å²) in [5, 5.41) is 2.70. The van der Waals surface area contributed by atoms with Crippen LogP contribution >= 0.6 is 12.4 Å². The summed E-state index contributed by atoms with van der Waals surface area (Å²) in [4.78, 5) is 12.3. The molecule has 0 heterocycles. The van der Waals surface area contributed by atoms with Gasteiger partial charge in [-0.2, -0.15) is 0 Å². The Kier molecular flexibility index (Phi) is 8.27. The number of benzene rings is 2. The molecule has 0 aliphatic heterocycles. The molecule has 3 N–H and O–H groups in total. The predicted octanol–water partition coefficient (Wildman–Crippen LogP) is 3.25. The summed E-state index contributed by atoms with van der Waals surface area (Å²) in [5.74, 6) is -0.295. The predicted molar refractivity (Wildman–Crippen MR) is 112 cm³/mol. The molecule has 2 unspecified atom stereocenters. The third-order valence-electron chi connectivity index (χ3n) is 4.44. The lowest BCUT2D eigenvalue weighted by atomic mass is 9.99. The van der Waals surface area contributed by atoms with Gasteiger partial charge in [0.25, 0.3) is 10.0 Å². The number of carbonyl (C=O) groups is 1. The van der Waals surface area contributed by atoms with Crippen LogP contribution in [0.4, 0.5) is 11.4 Å². The second-order valence-corrected chi connectivity index (χ2v) is 8.21. The molecular formula is C19H26ClN3O3S. The van der Waals surface area contributed by atoms with Crippen molar-refractivity contribution < 1.29 is 13.2 Å². The largest absolute Gasteiger partial charge is 0.325 e. The quantitative estimate of drug-likeness (QED) is 0.731. The molecule has 0 aliphatic carbocycles. The number of rotatable bonds is 7. The van der Waals surface area contributed by atoms with Gasteiger partial charge >= 0.3 is 0 Å². The first-order chi connectivity index (χ1) is 12.3. The van der Waals surface area contributed by atoms with Gasteiger partial charge in [0.05, 0.1) is 16.6 Å². The molecule has 0 bridgehead atoms. The lowest BCUT2D eigenvalue weighted by molar-refractivity contribution is -0.118. The molecule has 0 radical (unpaired) electrons. The van der Waals surface area contributed by atoms with E-state index in [9.17, 15) is 13.2 Å². The Balaban J connectivity index is 0.00000364. The van der Waals surface area contributed by atoms with Gasteiger partial charge in [-0.3, -0.25) is 9.10 Å². The van der Waals surface area contributed by atoms with Crippen LogP contribution < -0.4 is 15.4 Å². The topological polar surface area (TPSA) is 92.5 Å². The number of halogens is 1. The molecule has 0 aromatic heterocycles. The monoisotopic (exact) mass is 411 g/mol. The molecule has 148 valence electrons.